The van der Waals surface area contributed by atoms with Crippen LogP contribution in [0.2, 0.25) is 0 Å². The Morgan fingerprint density at radius 1 is 1.27 bits per heavy atom. The summed E-state index contributed by atoms with van der Waals surface area (Å²) >= 11 is 0. The fourth-order valence-corrected chi connectivity index (χ4v) is 1.25. The lowest BCUT2D eigenvalue weighted by Crippen LogP contribution is -2.51. The van der Waals surface area contributed by atoms with Crippen LogP contribution in [0.3, 0.4) is 0 Å². The monoisotopic (exact) mass is 160 g/mol. The third-order valence-electron chi connectivity index (χ3n) is 1.96. The van der Waals surface area contributed by atoms with Gasteiger partial charge >= 0.3 is 0 Å². The Labute approximate surface area is 66.8 Å². The first-order chi connectivity index (χ1) is 5.22. The molecule has 1 saturated heterocycles. The Morgan fingerprint density at radius 3 is 2.27 bits per heavy atom. The highest BCUT2D eigenvalue weighted by Crippen LogP contribution is 2.02. The largest absolute Gasteiger partial charge is 0.389 e. The second-order valence-electron chi connectivity index (χ2n) is 2.94. The first kappa shape index (κ1) is 8.93. The highest BCUT2D eigenvalue weighted by molar-refractivity contribution is 4.72. The third-order valence-corrected chi connectivity index (χ3v) is 1.96. The summed E-state index contributed by atoms with van der Waals surface area (Å²) in [4.78, 5) is 1.88. The number of nitrogens with one attached hydrogen (secondary N) is 1. The summed E-state index contributed by atoms with van der Waals surface area (Å²) in [5.41, 5.74) is 0. The van der Waals surface area contributed by atoms with E-state index in [2.05, 4.69) is 5.32 Å². The second kappa shape index (κ2) is 4.01. The molecule has 2 atom stereocenters. The van der Waals surface area contributed by atoms with Crippen molar-refractivity contribution in [1.82, 2.24) is 10.2 Å². The number of hydrogen-bond acceptors (Lipinski definition) is 4. The molecule has 4 nitrogen and oxygen atoms in total. The van der Waals surface area contributed by atoms with Gasteiger partial charge in [-0.2, -0.15) is 0 Å². The molecule has 0 aromatic rings. The quantitative estimate of drug-likeness (QED) is 0.464. The van der Waals surface area contributed by atoms with Crippen molar-refractivity contribution in [2.75, 3.05) is 26.2 Å². The molecule has 0 aromatic carbocycles. The molecule has 4 heteroatoms. The fraction of sp³-hybridized carbons (Fsp3) is 1.00. The number of aliphatic hydroxyl groups is 2. The fourth-order valence-electron chi connectivity index (χ4n) is 1.25. The molecule has 1 fully saturated rings. The van der Waals surface area contributed by atoms with Crippen LogP contribution in [0.5, 0.6) is 0 Å². The van der Waals surface area contributed by atoms with Gasteiger partial charge in [-0.05, 0) is 6.92 Å². The Hall–Kier alpha value is -0.160. The van der Waals surface area contributed by atoms with Crippen LogP contribution in [-0.4, -0.2) is 53.6 Å². The van der Waals surface area contributed by atoms with Crippen LogP contribution >= 0.6 is 0 Å². The van der Waals surface area contributed by atoms with E-state index in [1.54, 1.807) is 6.92 Å². The molecule has 0 spiro atoms. The average molecular weight is 160 g/mol. The summed E-state index contributed by atoms with van der Waals surface area (Å²) in [7, 11) is 0. The van der Waals surface area contributed by atoms with Crippen molar-refractivity contribution in [3.8, 4) is 0 Å². The number of nitrogens with zero attached hydrogens (tertiary/aromatic N) is 1. The lowest BCUT2D eigenvalue weighted by molar-refractivity contribution is -0.0793. The van der Waals surface area contributed by atoms with Gasteiger partial charge in [-0.3, -0.25) is 4.90 Å². The van der Waals surface area contributed by atoms with E-state index in [-0.39, 0.29) is 0 Å². The summed E-state index contributed by atoms with van der Waals surface area (Å²) < 4.78 is 0. The minimum atomic E-state index is -0.697. The molecule has 0 aromatic heterocycles. The summed E-state index contributed by atoms with van der Waals surface area (Å²) in [6.07, 6.45) is -1.36. The van der Waals surface area contributed by atoms with Crippen LogP contribution in [-0.2, 0) is 0 Å². The Kier molecular flexibility index (Phi) is 3.26. The predicted octanol–water partition coefficient (Wildman–Crippen LogP) is -1.41. The van der Waals surface area contributed by atoms with Crippen LogP contribution in [0.15, 0.2) is 0 Å². The highest BCUT2D eigenvalue weighted by Gasteiger charge is 2.21. The van der Waals surface area contributed by atoms with Crippen molar-refractivity contribution in [3.63, 3.8) is 0 Å². The van der Waals surface area contributed by atoms with Gasteiger partial charge in [-0.25, -0.2) is 0 Å². The summed E-state index contributed by atoms with van der Waals surface area (Å²) in [5.74, 6) is 0. The molecule has 0 radical (unpaired) electrons. The van der Waals surface area contributed by atoms with Crippen LogP contribution in [0, 0.1) is 0 Å². The molecular formula is C7H16N2O2. The first-order valence-corrected chi connectivity index (χ1v) is 4.02. The van der Waals surface area contributed by atoms with E-state index < -0.39 is 12.3 Å². The Bertz CT molecular complexity index is 113. The first-order valence-electron chi connectivity index (χ1n) is 4.02. The highest BCUT2D eigenvalue weighted by atomic mass is 16.3. The Morgan fingerprint density at radius 2 is 1.82 bits per heavy atom. The zero-order valence-corrected chi connectivity index (χ0v) is 6.82. The van der Waals surface area contributed by atoms with Gasteiger partial charge in [0.25, 0.3) is 0 Å². The summed E-state index contributed by atoms with van der Waals surface area (Å²) in [5, 5.41) is 21.6. The number of aliphatic hydroxyl groups excluding tert-OH is 2. The molecule has 0 bridgehead atoms. The maximum Gasteiger partial charge on any atom is 0.133 e. The van der Waals surface area contributed by atoms with E-state index in [9.17, 15) is 5.11 Å². The second-order valence-corrected chi connectivity index (χ2v) is 2.94. The van der Waals surface area contributed by atoms with Crippen LogP contribution in [0.25, 0.3) is 0 Å². The number of hydrogen-bond donors (Lipinski definition) is 3. The van der Waals surface area contributed by atoms with Gasteiger partial charge in [0.15, 0.2) is 0 Å². The molecule has 2 unspecified atom stereocenters. The zero-order chi connectivity index (χ0) is 8.27. The van der Waals surface area contributed by atoms with Gasteiger partial charge in [-0.1, -0.05) is 0 Å². The van der Waals surface area contributed by atoms with Gasteiger partial charge in [0, 0.05) is 26.2 Å². The Balaban J connectivity index is 2.32. The number of piperazine rings is 1. The van der Waals surface area contributed by atoms with E-state index >= 15 is 0 Å². The van der Waals surface area contributed by atoms with Gasteiger partial charge in [0.05, 0.1) is 6.10 Å². The van der Waals surface area contributed by atoms with Crippen molar-refractivity contribution in [3.05, 3.63) is 0 Å². The van der Waals surface area contributed by atoms with E-state index in [0.29, 0.717) is 0 Å². The van der Waals surface area contributed by atoms with E-state index in [0.717, 1.165) is 26.2 Å². The summed E-state index contributed by atoms with van der Waals surface area (Å²) in [6.45, 7) is 5.01. The summed E-state index contributed by atoms with van der Waals surface area (Å²) in [6, 6.07) is 0. The van der Waals surface area contributed by atoms with E-state index in [1.807, 2.05) is 4.90 Å². The molecule has 1 rings (SSSR count). The molecule has 1 aliphatic heterocycles. The van der Waals surface area contributed by atoms with Crippen LogP contribution in [0.4, 0.5) is 0 Å². The average Bonchev–Trinajstić information content (AvgIpc) is 2.05. The minimum absolute atomic E-state index is 0.659. The van der Waals surface area contributed by atoms with E-state index in [4.69, 9.17) is 5.11 Å². The molecule has 1 heterocycles. The van der Waals surface area contributed by atoms with Gasteiger partial charge in [0.1, 0.15) is 6.23 Å². The molecular weight excluding hydrogens is 144 g/mol. The number of rotatable bonds is 2. The predicted molar refractivity (Wildman–Crippen MR) is 42.1 cm³/mol. The van der Waals surface area contributed by atoms with Gasteiger partial charge in [0.2, 0.25) is 0 Å². The van der Waals surface area contributed by atoms with Crippen molar-refractivity contribution < 1.29 is 10.2 Å². The standard InChI is InChI=1S/C7H16N2O2/c1-6(10)7(11)9-4-2-8-3-5-9/h6-8,10-11H,2-5H2,1H3. The van der Waals surface area contributed by atoms with Crippen molar-refractivity contribution in [2.45, 2.75) is 19.3 Å². The molecule has 3 N–H and O–H groups in total. The maximum absolute atomic E-state index is 9.40. The molecule has 0 saturated carbocycles. The van der Waals surface area contributed by atoms with Gasteiger partial charge < -0.3 is 15.5 Å². The maximum atomic E-state index is 9.40. The molecule has 0 amide bonds. The molecule has 66 valence electrons. The molecule has 1 aliphatic rings. The van der Waals surface area contributed by atoms with Crippen molar-refractivity contribution in [2.24, 2.45) is 0 Å². The lowest BCUT2D eigenvalue weighted by atomic mass is 10.3. The molecule has 11 heavy (non-hydrogen) atoms. The molecule has 0 aliphatic carbocycles. The minimum Gasteiger partial charge on any atom is -0.389 e. The zero-order valence-electron chi connectivity index (χ0n) is 6.82. The van der Waals surface area contributed by atoms with Crippen LogP contribution in [0.1, 0.15) is 6.92 Å². The normalized spacial score (nSPS) is 26.5. The van der Waals surface area contributed by atoms with Crippen molar-refractivity contribution in [1.29, 1.82) is 0 Å². The smallest absolute Gasteiger partial charge is 0.133 e. The SMILES string of the molecule is CC(O)C(O)N1CCNCC1. The van der Waals surface area contributed by atoms with Crippen LogP contribution < -0.4 is 5.32 Å². The third kappa shape index (κ3) is 2.41. The lowest BCUT2D eigenvalue weighted by Gasteiger charge is -2.32. The van der Waals surface area contributed by atoms with Crippen molar-refractivity contribution >= 4 is 0 Å². The van der Waals surface area contributed by atoms with E-state index in [1.165, 1.54) is 0 Å². The topological polar surface area (TPSA) is 55.7 Å². The van der Waals surface area contributed by atoms with Gasteiger partial charge in [-0.15, -0.1) is 0 Å².